The Morgan fingerprint density at radius 1 is 0.935 bits per heavy atom. The van der Waals surface area contributed by atoms with Crippen molar-refractivity contribution < 1.29 is 23.0 Å². The molecule has 1 atom stereocenters. The van der Waals surface area contributed by atoms with E-state index in [-0.39, 0.29) is 18.0 Å². The van der Waals surface area contributed by atoms with Gasteiger partial charge in [-0.1, -0.05) is 30.3 Å². The van der Waals surface area contributed by atoms with Crippen LogP contribution in [0.2, 0.25) is 0 Å². The minimum absolute atomic E-state index is 0.0261. The Balaban J connectivity index is 1.58. The summed E-state index contributed by atoms with van der Waals surface area (Å²) in [6, 6.07) is 20.2. The molecule has 0 radical (unpaired) electrons. The van der Waals surface area contributed by atoms with Crippen LogP contribution in [0.3, 0.4) is 0 Å². The minimum atomic E-state index is -0.566. The standard InChI is InChI=1S/C24H16F2INO3/c25-18-10-6-16(7-11-18)23-28-21(15-4-2-1-3-5-15)22(31-23)20(27)14-30-24(29)17-8-12-19(26)13-9-17/h1-13,21H,14H2/b22-20-. The zero-order chi connectivity index (χ0) is 21.8. The van der Waals surface area contributed by atoms with Gasteiger partial charge in [0.1, 0.15) is 30.0 Å². The van der Waals surface area contributed by atoms with E-state index in [0.717, 1.165) is 5.56 Å². The fourth-order valence-electron chi connectivity index (χ4n) is 3.02. The van der Waals surface area contributed by atoms with Gasteiger partial charge in [0.05, 0.1) is 9.14 Å². The molecule has 3 aromatic rings. The molecule has 4 nitrogen and oxygen atoms in total. The van der Waals surface area contributed by atoms with Gasteiger partial charge >= 0.3 is 5.97 Å². The summed E-state index contributed by atoms with van der Waals surface area (Å²) in [4.78, 5) is 17.0. The van der Waals surface area contributed by atoms with Crippen molar-refractivity contribution in [3.8, 4) is 0 Å². The van der Waals surface area contributed by atoms with E-state index in [2.05, 4.69) is 27.6 Å². The summed E-state index contributed by atoms with van der Waals surface area (Å²) in [6.07, 6.45) is 0. The lowest BCUT2D eigenvalue weighted by molar-refractivity contribution is 0.0545. The van der Waals surface area contributed by atoms with Crippen LogP contribution >= 0.6 is 22.6 Å². The number of aliphatic imine (C=N–C) groups is 1. The lowest BCUT2D eigenvalue weighted by Gasteiger charge is -2.12. The van der Waals surface area contributed by atoms with Crippen molar-refractivity contribution in [2.24, 2.45) is 4.99 Å². The Bertz CT molecular complexity index is 1140. The van der Waals surface area contributed by atoms with Gasteiger partial charge in [-0.15, -0.1) is 0 Å². The topological polar surface area (TPSA) is 47.9 Å². The normalized spacial score (nSPS) is 17.0. The van der Waals surface area contributed by atoms with E-state index in [1.54, 1.807) is 12.1 Å². The van der Waals surface area contributed by atoms with Crippen LogP contribution in [-0.4, -0.2) is 18.5 Å². The van der Waals surface area contributed by atoms with Crippen molar-refractivity contribution in [2.75, 3.05) is 6.61 Å². The van der Waals surface area contributed by atoms with Gasteiger partial charge in [0.25, 0.3) is 0 Å². The van der Waals surface area contributed by atoms with Crippen LogP contribution in [0.15, 0.2) is 93.2 Å². The lowest BCUT2D eigenvalue weighted by Crippen LogP contribution is -2.09. The predicted octanol–water partition coefficient (Wildman–Crippen LogP) is 5.99. The molecule has 0 N–H and O–H groups in total. The molecule has 0 aromatic heterocycles. The van der Waals surface area contributed by atoms with Crippen LogP contribution in [0.25, 0.3) is 0 Å². The van der Waals surface area contributed by atoms with Gasteiger partial charge in [-0.25, -0.2) is 18.6 Å². The number of esters is 1. The first-order valence-electron chi connectivity index (χ1n) is 9.39. The molecule has 0 spiro atoms. The van der Waals surface area contributed by atoms with Gasteiger partial charge in [0, 0.05) is 5.56 Å². The molecular weight excluding hydrogens is 515 g/mol. The molecular formula is C24H16F2INO3. The predicted molar refractivity (Wildman–Crippen MR) is 121 cm³/mol. The van der Waals surface area contributed by atoms with Crippen LogP contribution in [0, 0.1) is 11.6 Å². The Hall–Kier alpha value is -3.07. The van der Waals surface area contributed by atoms with Crippen molar-refractivity contribution in [2.45, 2.75) is 6.04 Å². The van der Waals surface area contributed by atoms with Gasteiger partial charge in [0.15, 0.2) is 0 Å². The summed E-state index contributed by atoms with van der Waals surface area (Å²) in [5, 5.41) is 0. The number of carbonyl (C=O) groups is 1. The van der Waals surface area contributed by atoms with Gasteiger partial charge in [-0.2, -0.15) is 0 Å². The summed E-state index contributed by atoms with van der Waals surface area (Å²) in [6.45, 7) is -0.0261. The van der Waals surface area contributed by atoms with E-state index < -0.39 is 17.8 Å². The molecule has 0 amide bonds. The number of benzene rings is 3. The van der Waals surface area contributed by atoms with Crippen LogP contribution in [0.4, 0.5) is 8.78 Å². The van der Waals surface area contributed by atoms with E-state index in [0.29, 0.717) is 20.8 Å². The zero-order valence-electron chi connectivity index (χ0n) is 16.1. The SMILES string of the molecule is O=C(OC/C(I)=C1/OC(c2ccc(F)cc2)=NC1c1ccccc1)c1ccc(F)cc1. The van der Waals surface area contributed by atoms with Crippen LogP contribution in [-0.2, 0) is 9.47 Å². The molecule has 0 fully saturated rings. The van der Waals surface area contributed by atoms with Crippen LogP contribution in [0.1, 0.15) is 27.5 Å². The molecule has 4 rings (SSSR count). The molecule has 1 heterocycles. The van der Waals surface area contributed by atoms with Crippen molar-refractivity contribution in [1.82, 2.24) is 0 Å². The van der Waals surface area contributed by atoms with Gasteiger partial charge in [0.2, 0.25) is 5.90 Å². The quantitative estimate of drug-likeness (QED) is 0.301. The third-order valence-corrected chi connectivity index (χ3v) is 5.43. The van der Waals surface area contributed by atoms with Gasteiger partial charge < -0.3 is 9.47 Å². The zero-order valence-corrected chi connectivity index (χ0v) is 18.3. The molecule has 0 saturated carbocycles. The smallest absolute Gasteiger partial charge is 0.338 e. The average molecular weight is 531 g/mol. The maximum atomic E-state index is 13.3. The summed E-state index contributed by atoms with van der Waals surface area (Å²) >= 11 is 2.06. The Morgan fingerprint density at radius 3 is 2.19 bits per heavy atom. The first kappa shape index (κ1) is 21.2. The van der Waals surface area contributed by atoms with Crippen molar-refractivity contribution >= 4 is 34.5 Å². The monoisotopic (exact) mass is 531 g/mol. The molecule has 1 unspecified atom stereocenters. The van der Waals surface area contributed by atoms with Crippen LogP contribution < -0.4 is 0 Å². The number of hydrogen-bond acceptors (Lipinski definition) is 4. The van der Waals surface area contributed by atoms with Crippen molar-refractivity contribution in [1.29, 1.82) is 0 Å². The molecule has 1 aliphatic rings. The van der Waals surface area contributed by atoms with Crippen LogP contribution in [0.5, 0.6) is 0 Å². The largest absolute Gasteiger partial charge is 0.457 e. The molecule has 7 heteroatoms. The van der Waals surface area contributed by atoms with Crippen molar-refractivity contribution in [3.63, 3.8) is 0 Å². The minimum Gasteiger partial charge on any atom is -0.457 e. The molecule has 31 heavy (non-hydrogen) atoms. The summed E-state index contributed by atoms with van der Waals surface area (Å²) in [7, 11) is 0. The first-order valence-corrected chi connectivity index (χ1v) is 10.5. The maximum Gasteiger partial charge on any atom is 0.338 e. The highest BCUT2D eigenvalue weighted by molar-refractivity contribution is 14.1. The Kier molecular flexibility index (Phi) is 6.41. The number of halogens is 3. The number of rotatable bonds is 5. The fourth-order valence-corrected chi connectivity index (χ4v) is 3.58. The molecule has 0 saturated heterocycles. The number of nitrogens with zero attached hydrogens (tertiary/aromatic N) is 1. The highest BCUT2D eigenvalue weighted by Crippen LogP contribution is 2.37. The summed E-state index contributed by atoms with van der Waals surface area (Å²) in [5.74, 6) is -0.437. The summed E-state index contributed by atoms with van der Waals surface area (Å²) in [5.41, 5.74) is 1.81. The molecule has 0 aliphatic carbocycles. The third-order valence-electron chi connectivity index (χ3n) is 4.59. The average Bonchev–Trinajstić information content (AvgIpc) is 3.24. The summed E-state index contributed by atoms with van der Waals surface area (Å²) < 4.78 is 38.4. The third kappa shape index (κ3) is 4.99. The lowest BCUT2D eigenvalue weighted by atomic mass is 10.1. The number of hydrogen-bond donors (Lipinski definition) is 0. The van der Waals surface area contributed by atoms with Gasteiger partial charge in [-0.05, 0) is 76.7 Å². The number of ether oxygens (including phenoxy) is 2. The number of carbonyl (C=O) groups excluding carboxylic acids is 1. The van der Waals surface area contributed by atoms with E-state index in [9.17, 15) is 13.6 Å². The molecule has 0 bridgehead atoms. The van der Waals surface area contributed by atoms with E-state index in [1.165, 1.54) is 36.4 Å². The first-order chi connectivity index (χ1) is 15.0. The molecule has 156 valence electrons. The second-order valence-corrected chi connectivity index (χ2v) is 8.01. The van der Waals surface area contributed by atoms with Crippen molar-refractivity contribution in [3.05, 3.63) is 117 Å². The van der Waals surface area contributed by atoms with Gasteiger partial charge in [-0.3, -0.25) is 0 Å². The Labute approximate surface area is 191 Å². The van der Waals surface area contributed by atoms with E-state index >= 15 is 0 Å². The fraction of sp³-hybridized carbons (Fsp3) is 0.0833. The molecule has 3 aromatic carbocycles. The highest BCUT2D eigenvalue weighted by atomic mass is 127. The Morgan fingerprint density at radius 2 is 1.55 bits per heavy atom. The van der Waals surface area contributed by atoms with E-state index in [1.807, 2.05) is 30.3 Å². The second-order valence-electron chi connectivity index (χ2n) is 6.71. The van der Waals surface area contributed by atoms with E-state index in [4.69, 9.17) is 9.47 Å². The molecule has 1 aliphatic heterocycles. The highest BCUT2D eigenvalue weighted by Gasteiger charge is 2.30. The maximum absolute atomic E-state index is 13.3. The second kappa shape index (κ2) is 9.38.